The van der Waals surface area contributed by atoms with Crippen molar-refractivity contribution in [2.45, 2.75) is 9.79 Å². The van der Waals surface area contributed by atoms with Gasteiger partial charge in [0, 0.05) is 48.5 Å². The number of hydrogen-bond donors (Lipinski definition) is 0. The number of para-hydroxylation sites is 4. The van der Waals surface area contributed by atoms with Gasteiger partial charge in [-0.25, -0.2) is 18.4 Å². The molecule has 0 saturated heterocycles. The summed E-state index contributed by atoms with van der Waals surface area (Å²) in [5, 5.41) is 7.97. The predicted molar refractivity (Wildman–Crippen MR) is 176 cm³/mol. The summed E-state index contributed by atoms with van der Waals surface area (Å²) in [5.41, 5.74) is 3.17. The molecule has 0 unspecified atom stereocenters. The average molecular weight is 599 g/mol. The SMILES string of the molecule is O=c1c2cc3c4c5c(cc6c7c(ccc(c8ccc(c2c84)c2nc4ccccc4n12)c57)c(=O)n1c2ccccc2nc61)S3(=O)=O. The van der Waals surface area contributed by atoms with Crippen LogP contribution in [0.15, 0.2) is 104 Å². The Morgan fingerprint density at radius 1 is 0.467 bits per heavy atom. The van der Waals surface area contributed by atoms with Crippen LogP contribution < -0.4 is 11.1 Å². The molecule has 8 nitrogen and oxygen atoms in total. The summed E-state index contributed by atoms with van der Waals surface area (Å²) in [6.07, 6.45) is 0. The third-order valence-corrected chi connectivity index (χ3v) is 11.9. The highest BCUT2D eigenvalue weighted by atomic mass is 32.2. The monoisotopic (exact) mass is 598 g/mol. The molecule has 0 spiro atoms. The molecule has 0 saturated carbocycles. The summed E-state index contributed by atoms with van der Waals surface area (Å²) in [5.74, 6) is 0. The summed E-state index contributed by atoms with van der Waals surface area (Å²) >= 11 is 0. The Morgan fingerprint density at radius 3 is 1.56 bits per heavy atom. The van der Waals surface area contributed by atoms with Crippen LogP contribution in [-0.4, -0.2) is 27.2 Å². The minimum Gasteiger partial charge on any atom is -0.268 e. The van der Waals surface area contributed by atoms with E-state index in [9.17, 15) is 18.0 Å². The number of rotatable bonds is 0. The van der Waals surface area contributed by atoms with Gasteiger partial charge in [0.25, 0.3) is 11.1 Å². The van der Waals surface area contributed by atoms with Crippen molar-refractivity contribution in [1.29, 1.82) is 0 Å². The van der Waals surface area contributed by atoms with E-state index in [-0.39, 0.29) is 20.9 Å². The van der Waals surface area contributed by atoms with Gasteiger partial charge < -0.3 is 0 Å². The van der Waals surface area contributed by atoms with Gasteiger partial charge in [0.1, 0.15) is 11.3 Å². The fourth-order valence-corrected chi connectivity index (χ4v) is 10.1. The first-order valence-corrected chi connectivity index (χ1v) is 16.0. The topological polar surface area (TPSA) is 103 Å². The predicted octanol–water partition coefficient (Wildman–Crippen LogP) is 6.39. The highest BCUT2D eigenvalue weighted by Crippen LogP contribution is 2.54. The standard InChI is InChI=1S/C36H14N4O4S/c41-35-18-12-10-16-15-9-11-17-27-20(36(42)39-23-7-3-1-5-21(23)37-33(17)39)14-26-32(29(15)27)31-25(45(26,43)44)13-19(28(18)30(16)31)34-38-22-6-2-4-8-24(22)40(34)35/h1-14H. The zero-order chi connectivity index (χ0) is 29.7. The van der Waals surface area contributed by atoms with Crippen LogP contribution in [0.2, 0.25) is 0 Å². The third kappa shape index (κ3) is 2.20. The van der Waals surface area contributed by atoms with Crippen molar-refractivity contribution < 1.29 is 8.42 Å². The summed E-state index contributed by atoms with van der Waals surface area (Å²) in [7, 11) is -4.04. The Balaban J connectivity index is 1.42. The number of benzene rings is 7. The molecule has 12 rings (SSSR count). The molecule has 1 aliphatic rings. The molecule has 7 aromatic carbocycles. The molecule has 0 radical (unpaired) electrons. The van der Waals surface area contributed by atoms with Crippen molar-refractivity contribution in [1.82, 2.24) is 18.8 Å². The van der Waals surface area contributed by atoms with Crippen molar-refractivity contribution in [3.63, 3.8) is 0 Å². The van der Waals surface area contributed by atoms with Crippen LogP contribution in [-0.2, 0) is 9.84 Å². The first kappa shape index (κ1) is 22.6. The van der Waals surface area contributed by atoms with E-state index in [2.05, 4.69) is 0 Å². The van der Waals surface area contributed by atoms with Gasteiger partial charge in [0.05, 0.1) is 37.2 Å². The van der Waals surface area contributed by atoms with Gasteiger partial charge in [-0.1, -0.05) is 36.4 Å². The molecular weight excluding hydrogens is 584 g/mol. The van der Waals surface area contributed by atoms with E-state index in [4.69, 9.17) is 9.97 Å². The minimum atomic E-state index is -4.04. The lowest BCUT2D eigenvalue weighted by Gasteiger charge is -2.17. The lowest BCUT2D eigenvalue weighted by molar-refractivity contribution is 0.599. The summed E-state index contributed by atoms with van der Waals surface area (Å²) in [4.78, 5) is 38.3. The Kier molecular flexibility index (Phi) is 3.39. The number of pyridine rings is 2. The van der Waals surface area contributed by atoms with Gasteiger partial charge in [0.15, 0.2) is 0 Å². The number of imidazole rings is 2. The van der Waals surface area contributed by atoms with E-state index in [1.807, 2.05) is 72.8 Å². The fraction of sp³-hybridized carbons (Fsp3) is 0. The van der Waals surface area contributed by atoms with Crippen molar-refractivity contribution >= 4 is 108 Å². The van der Waals surface area contributed by atoms with Crippen LogP contribution in [0.4, 0.5) is 0 Å². The quantitative estimate of drug-likeness (QED) is 0.148. The largest absolute Gasteiger partial charge is 0.268 e. The van der Waals surface area contributed by atoms with E-state index in [1.165, 1.54) is 0 Å². The number of aromatic nitrogens is 4. The van der Waals surface area contributed by atoms with Crippen LogP contribution in [0.25, 0.3) is 98.0 Å². The van der Waals surface area contributed by atoms with Crippen LogP contribution >= 0.6 is 0 Å². The van der Waals surface area contributed by atoms with Crippen LogP contribution in [0, 0.1) is 0 Å². The van der Waals surface area contributed by atoms with E-state index in [1.54, 1.807) is 20.9 Å². The molecule has 4 aromatic heterocycles. The van der Waals surface area contributed by atoms with E-state index in [0.717, 1.165) is 26.9 Å². The molecule has 0 bridgehead atoms. The summed E-state index contributed by atoms with van der Waals surface area (Å²) < 4.78 is 32.3. The van der Waals surface area contributed by atoms with Gasteiger partial charge in [-0.05, 0) is 59.3 Å². The van der Waals surface area contributed by atoms with Crippen molar-refractivity contribution in [3.05, 3.63) is 106 Å². The van der Waals surface area contributed by atoms with E-state index < -0.39 is 9.84 Å². The Labute approximate surface area is 249 Å². The molecule has 5 heterocycles. The Hall–Kier alpha value is -5.93. The van der Waals surface area contributed by atoms with E-state index >= 15 is 0 Å². The summed E-state index contributed by atoms with van der Waals surface area (Å²) in [6, 6.07) is 25.9. The molecule has 0 N–H and O–H groups in total. The maximum absolute atomic E-state index is 14.6. The molecule has 9 heteroatoms. The van der Waals surface area contributed by atoms with Gasteiger partial charge in [-0.2, -0.15) is 0 Å². The first-order chi connectivity index (χ1) is 21.9. The molecular formula is C36H14N4O4S. The zero-order valence-corrected chi connectivity index (χ0v) is 23.7. The van der Waals surface area contributed by atoms with Crippen molar-refractivity contribution in [3.8, 4) is 0 Å². The lowest BCUT2D eigenvalue weighted by atomic mass is 9.86. The Morgan fingerprint density at radius 2 is 0.933 bits per heavy atom. The lowest BCUT2D eigenvalue weighted by Crippen LogP contribution is -2.14. The first-order valence-electron chi connectivity index (χ1n) is 14.5. The second-order valence-electron chi connectivity index (χ2n) is 12.0. The summed E-state index contributed by atoms with van der Waals surface area (Å²) in [6.45, 7) is 0. The fourth-order valence-electron chi connectivity index (χ4n) is 8.34. The number of nitrogens with zero attached hydrogens (tertiary/aromatic N) is 4. The van der Waals surface area contributed by atoms with Crippen LogP contribution in [0.5, 0.6) is 0 Å². The van der Waals surface area contributed by atoms with Crippen LogP contribution in [0.3, 0.4) is 0 Å². The van der Waals surface area contributed by atoms with Gasteiger partial charge in [0.2, 0.25) is 9.84 Å². The molecule has 11 aromatic rings. The van der Waals surface area contributed by atoms with Gasteiger partial charge in [-0.15, -0.1) is 0 Å². The molecule has 0 aliphatic carbocycles. The number of sulfone groups is 1. The number of fused-ring (bicyclic) bond motifs is 9. The normalized spacial score (nSPS) is 14.8. The second-order valence-corrected chi connectivity index (χ2v) is 13.9. The highest BCUT2D eigenvalue weighted by molar-refractivity contribution is 7.92. The maximum atomic E-state index is 14.6. The minimum absolute atomic E-state index is 0.119. The van der Waals surface area contributed by atoms with Crippen molar-refractivity contribution in [2.75, 3.05) is 0 Å². The highest BCUT2D eigenvalue weighted by Gasteiger charge is 2.37. The smallest absolute Gasteiger partial charge is 0.264 e. The molecule has 45 heavy (non-hydrogen) atoms. The maximum Gasteiger partial charge on any atom is 0.264 e. The van der Waals surface area contributed by atoms with Crippen molar-refractivity contribution in [2.24, 2.45) is 0 Å². The molecule has 0 amide bonds. The number of hydrogen-bond acceptors (Lipinski definition) is 6. The molecule has 208 valence electrons. The third-order valence-electron chi connectivity index (χ3n) is 10.1. The van der Waals surface area contributed by atoms with Crippen LogP contribution in [0.1, 0.15) is 0 Å². The van der Waals surface area contributed by atoms with Gasteiger partial charge >= 0.3 is 0 Å². The average Bonchev–Trinajstić information content (AvgIpc) is 3.71. The van der Waals surface area contributed by atoms with Gasteiger partial charge in [-0.3, -0.25) is 18.4 Å². The zero-order valence-electron chi connectivity index (χ0n) is 22.9. The second kappa shape index (κ2) is 6.74. The Bertz CT molecular complexity index is 3460. The molecule has 0 fully saturated rings. The molecule has 0 atom stereocenters. The molecule has 1 aliphatic heterocycles. The van der Waals surface area contributed by atoms with E-state index in [0.29, 0.717) is 71.1 Å².